The van der Waals surface area contributed by atoms with Crippen LogP contribution in [0, 0.1) is 23.8 Å². The number of aromatic amines is 2. The Morgan fingerprint density at radius 1 is 0.722 bits per heavy atom. The molecule has 2 fully saturated rings. The number of benzene rings is 2. The van der Waals surface area contributed by atoms with Gasteiger partial charge in [-0.1, -0.05) is 55.7 Å². The molecule has 0 bridgehead atoms. The van der Waals surface area contributed by atoms with E-state index in [0.717, 1.165) is 71.0 Å². The Hall–Kier alpha value is -5.26. The Bertz CT molecular complexity index is 2010. The van der Waals surface area contributed by atoms with E-state index in [-0.39, 0.29) is 24.3 Å². The zero-order chi connectivity index (χ0) is 39.3. The van der Waals surface area contributed by atoms with Gasteiger partial charge in [0.05, 0.1) is 35.9 Å². The summed E-state index contributed by atoms with van der Waals surface area (Å²) in [5.41, 5.74) is 8.19. The lowest BCUT2D eigenvalue weighted by atomic mass is 10.1. The molecule has 2 aliphatic rings. The zero-order valence-corrected chi connectivity index (χ0v) is 34.2. The second-order valence-electron chi connectivity index (χ2n) is 16.8. The van der Waals surface area contributed by atoms with Gasteiger partial charge in [0, 0.05) is 24.2 Å². The first-order chi connectivity index (χ1) is 25.4. The molecule has 2 aromatic heterocycles. The van der Waals surface area contributed by atoms with Crippen molar-refractivity contribution in [3.8, 4) is 46.3 Å². The minimum absolute atomic E-state index is 0.0690. The highest BCUT2D eigenvalue weighted by Crippen LogP contribution is 2.34. The van der Waals surface area contributed by atoms with Crippen molar-refractivity contribution in [2.75, 3.05) is 13.1 Å². The number of rotatable bonds is 4. The largest absolute Gasteiger partial charge is 0.444 e. The van der Waals surface area contributed by atoms with Gasteiger partial charge in [-0.25, -0.2) is 19.6 Å². The second kappa shape index (κ2) is 16.4. The third-order valence-electron chi connectivity index (χ3n) is 8.72. The summed E-state index contributed by atoms with van der Waals surface area (Å²) >= 11 is 0. The van der Waals surface area contributed by atoms with Gasteiger partial charge in [0.15, 0.2) is 0 Å². The summed E-state index contributed by atoms with van der Waals surface area (Å²) in [6.07, 6.45) is 12.1. The third kappa shape index (κ3) is 10.9. The van der Waals surface area contributed by atoms with Gasteiger partial charge >= 0.3 is 12.2 Å². The van der Waals surface area contributed by atoms with E-state index >= 15 is 0 Å². The van der Waals surface area contributed by atoms with Crippen LogP contribution in [0.15, 0.2) is 60.9 Å². The molecule has 2 amide bonds. The van der Waals surface area contributed by atoms with Gasteiger partial charge in [0.1, 0.15) is 30.9 Å². The topological polar surface area (TPSA) is 116 Å². The van der Waals surface area contributed by atoms with Crippen LogP contribution in [0.4, 0.5) is 9.59 Å². The van der Waals surface area contributed by atoms with Crippen molar-refractivity contribution in [1.82, 2.24) is 29.7 Å². The van der Waals surface area contributed by atoms with Crippen LogP contribution < -0.4 is 0 Å². The van der Waals surface area contributed by atoms with Gasteiger partial charge in [-0.2, -0.15) is 0 Å². The molecule has 4 aromatic rings. The summed E-state index contributed by atoms with van der Waals surface area (Å²) in [4.78, 5) is 44.3. The Labute approximate surface area is 321 Å². The molecule has 2 aromatic carbocycles. The highest BCUT2D eigenvalue weighted by molar-refractivity contribution is 6.83. The summed E-state index contributed by atoms with van der Waals surface area (Å²) in [6.45, 7) is 19.4. The van der Waals surface area contributed by atoms with Gasteiger partial charge < -0.3 is 19.4 Å². The van der Waals surface area contributed by atoms with Gasteiger partial charge in [0.2, 0.25) is 0 Å². The Balaban J connectivity index is 0.000000210. The van der Waals surface area contributed by atoms with Gasteiger partial charge in [0.25, 0.3) is 0 Å². The monoisotopic (exact) mass is 746 g/mol. The fourth-order valence-corrected chi connectivity index (χ4v) is 6.74. The van der Waals surface area contributed by atoms with Crippen LogP contribution in [0.5, 0.6) is 0 Å². The first kappa shape index (κ1) is 39.9. The average molecular weight is 747 g/mol. The number of aromatic nitrogens is 4. The molecule has 6 rings (SSSR count). The first-order valence-corrected chi connectivity index (χ1v) is 22.2. The van der Waals surface area contributed by atoms with Crippen molar-refractivity contribution in [2.45, 2.75) is 110 Å². The minimum Gasteiger partial charge on any atom is -0.444 e. The quantitative estimate of drug-likeness (QED) is 0.159. The van der Waals surface area contributed by atoms with Gasteiger partial charge in [-0.3, -0.25) is 9.80 Å². The number of imidazole rings is 2. The van der Waals surface area contributed by atoms with E-state index in [2.05, 4.69) is 69.1 Å². The van der Waals surface area contributed by atoms with Crippen LogP contribution in [0.25, 0.3) is 22.5 Å². The number of likely N-dealkylation sites (tertiary alicyclic amines) is 2. The molecule has 10 nitrogen and oxygen atoms in total. The maximum absolute atomic E-state index is 12.5. The summed E-state index contributed by atoms with van der Waals surface area (Å²) in [6, 6.07) is 15.8. The predicted molar refractivity (Wildman–Crippen MR) is 216 cm³/mol. The number of terminal acetylenes is 1. The lowest BCUT2D eigenvalue weighted by Gasteiger charge is -2.27. The van der Waals surface area contributed by atoms with E-state index in [9.17, 15) is 9.59 Å². The van der Waals surface area contributed by atoms with Crippen LogP contribution in [0.3, 0.4) is 0 Å². The number of H-pyrrole nitrogens is 2. The van der Waals surface area contributed by atoms with Gasteiger partial charge in [-0.15, -0.1) is 12.0 Å². The van der Waals surface area contributed by atoms with Crippen molar-refractivity contribution in [3.63, 3.8) is 0 Å². The summed E-state index contributed by atoms with van der Waals surface area (Å²) in [7, 11) is -1.38. The number of carbonyl (C=O) groups excluding carboxylic acids is 2. The fourth-order valence-electron chi connectivity index (χ4n) is 6.22. The Morgan fingerprint density at radius 3 is 1.50 bits per heavy atom. The Kier molecular flexibility index (Phi) is 12.1. The number of carbonyl (C=O) groups is 2. The summed E-state index contributed by atoms with van der Waals surface area (Å²) < 4.78 is 11.1. The third-order valence-corrected chi connectivity index (χ3v) is 9.60. The molecular weight excluding hydrogens is 693 g/mol. The van der Waals surface area contributed by atoms with Crippen molar-refractivity contribution < 1.29 is 19.1 Å². The van der Waals surface area contributed by atoms with E-state index in [4.69, 9.17) is 15.9 Å². The van der Waals surface area contributed by atoms with Crippen LogP contribution in [-0.2, 0) is 9.47 Å². The van der Waals surface area contributed by atoms with Crippen molar-refractivity contribution in [2.24, 2.45) is 0 Å². The SMILES string of the molecule is C#Cc1ccc(-c2cnc(C3CCCN3C(=O)OC(C)(C)C)[nH]2)cc1.CC(C)(C)OC(=O)N1CCCC1c1ncc(-c2ccc(C#C[Si](C)(C)C)cc2)[nH]1. The van der Waals surface area contributed by atoms with E-state index in [1.54, 1.807) is 16.0 Å². The number of nitrogens with one attached hydrogen (secondary N) is 2. The summed E-state index contributed by atoms with van der Waals surface area (Å²) in [5.74, 6) is 7.49. The number of hydrogen-bond donors (Lipinski definition) is 2. The zero-order valence-electron chi connectivity index (χ0n) is 33.2. The molecule has 2 N–H and O–H groups in total. The lowest BCUT2D eigenvalue weighted by molar-refractivity contribution is 0.0208. The fraction of sp³-hybridized carbons (Fsp3) is 0.442. The van der Waals surface area contributed by atoms with Crippen LogP contribution >= 0.6 is 0 Å². The number of hydrogen-bond acceptors (Lipinski definition) is 6. The molecule has 0 aliphatic carbocycles. The number of nitrogens with zero attached hydrogens (tertiary/aromatic N) is 4. The molecule has 4 heterocycles. The molecule has 2 atom stereocenters. The maximum Gasteiger partial charge on any atom is 0.410 e. The molecule has 2 saturated heterocycles. The highest BCUT2D eigenvalue weighted by atomic mass is 28.3. The molecule has 0 spiro atoms. The molecule has 2 unspecified atom stereocenters. The predicted octanol–water partition coefficient (Wildman–Crippen LogP) is 9.51. The molecule has 2 aliphatic heterocycles. The van der Waals surface area contributed by atoms with E-state index in [1.807, 2.05) is 84.1 Å². The molecule has 11 heteroatoms. The number of amides is 2. The standard InChI is InChI=1S/C23H31N3O2Si.C20H23N3O2/c1-23(2,3)28-22(27)26-14-7-8-20(26)21-24-16-19(25-21)18-11-9-17(10-12-18)13-15-29(4,5)6;1-5-14-8-10-15(11-9-14)16-13-21-18(22-16)17-7-6-12-23(17)19(24)25-20(2,3)4/h9-12,16,20H,7-8,14H2,1-6H3,(H,24,25);1,8-11,13,17H,6-7,12H2,2-4H3,(H,21,22). The van der Waals surface area contributed by atoms with E-state index in [0.29, 0.717) is 13.1 Å². The molecule has 284 valence electrons. The average Bonchev–Trinajstić information content (AvgIpc) is 3.92. The lowest BCUT2D eigenvalue weighted by Crippen LogP contribution is -2.36. The van der Waals surface area contributed by atoms with Gasteiger partial charge in [-0.05, 0) is 103 Å². The molecule has 54 heavy (non-hydrogen) atoms. The molecule has 0 saturated carbocycles. The normalized spacial score (nSPS) is 17.2. The minimum atomic E-state index is -1.38. The molecular formula is C43H54N6O4Si. The Morgan fingerprint density at radius 2 is 1.13 bits per heavy atom. The van der Waals surface area contributed by atoms with Crippen molar-refractivity contribution in [1.29, 1.82) is 0 Å². The highest BCUT2D eigenvalue weighted by Gasteiger charge is 2.36. The van der Waals surface area contributed by atoms with Crippen LogP contribution in [0.1, 0.15) is 102 Å². The number of ether oxygens (including phenoxy) is 2. The smallest absolute Gasteiger partial charge is 0.410 e. The van der Waals surface area contributed by atoms with E-state index < -0.39 is 19.3 Å². The van der Waals surface area contributed by atoms with Crippen molar-refractivity contribution >= 4 is 20.3 Å². The summed E-state index contributed by atoms with van der Waals surface area (Å²) in [5, 5.41) is 0. The van der Waals surface area contributed by atoms with E-state index in [1.165, 1.54) is 0 Å². The second-order valence-corrected chi connectivity index (χ2v) is 21.6. The molecule has 0 radical (unpaired) electrons. The van der Waals surface area contributed by atoms with Crippen LogP contribution in [-0.4, -0.2) is 74.3 Å². The van der Waals surface area contributed by atoms with Crippen LogP contribution in [0.2, 0.25) is 19.6 Å². The maximum atomic E-state index is 12.5. The van der Waals surface area contributed by atoms with Crippen molar-refractivity contribution in [3.05, 3.63) is 83.7 Å². The first-order valence-electron chi connectivity index (χ1n) is 18.7.